The smallest absolute Gasteiger partial charge is 0.246 e. The van der Waals surface area contributed by atoms with Crippen LogP contribution in [0, 0.1) is 11.7 Å². The lowest BCUT2D eigenvalue weighted by Crippen LogP contribution is -2.35. The number of hydrogen-bond acceptors (Lipinski definition) is 3. The SMILES string of the molecule is CCC(CC)CN(CC)S(=O)(=O)c1cc(N)ccc1F. The molecule has 0 saturated heterocycles. The molecule has 0 aromatic heterocycles. The summed E-state index contributed by atoms with van der Waals surface area (Å²) in [6.45, 7) is 6.52. The first-order valence-corrected chi connectivity index (χ1v) is 8.35. The fourth-order valence-corrected chi connectivity index (χ4v) is 3.71. The lowest BCUT2D eigenvalue weighted by Gasteiger charge is -2.25. The Bertz CT molecular complexity index is 542. The van der Waals surface area contributed by atoms with Gasteiger partial charge in [0, 0.05) is 18.8 Å². The van der Waals surface area contributed by atoms with E-state index in [0.717, 1.165) is 18.9 Å². The number of nitrogens with two attached hydrogens (primary N) is 1. The van der Waals surface area contributed by atoms with Gasteiger partial charge in [-0.3, -0.25) is 0 Å². The lowest BCUT2D eigenvalue weighted by atomic mass is 10.0. The minimum Gasteiger partial charge on any atom is -0.399 e. The molecule has 0 saturated carbocycles. The van der Waals surface area contributed by atoms with Gasteiger partial charge in [-0.15, -0.1) is 0 Å². The first kappa shape index (κ1) is 16.9. The van der Waals surface area contributed by atoms with Crippen LogP contribution in [0.15, 0.2) is 23.1 Å². The molecule has 114 valence electrons. The highest BCUT2D eigenvalue weighted by Gasteiger charge is 2.27. The van der Waals surface area contributed by atoms with Gasteiger partial charge in [-0.1, -0.05) is 33.6 Å². The highest BCUT2D eigenvalue weighted by Crippen LogP contribution is 2.23. The number of rotatable bonds is 7. The third-order valence-electron chi connectivity index (χ3n) is 3.54. The van der Waals surface area contributed by atoms with Crippen LogP contribution < -0.4 is 5.73 Å². The second-order valence-corrected chi connectivity index (χ2v) is 6.73. The molecule has 2 N–H and O–H groups in total. The van der Waals surface area contributed by atoms with Crippen molar-refractivity contribution in [1.82, 2.24) is 4.31 Å². The van der Waals surface area contributed by atoms with Crippen LogP contribution in [0.2, 0.25) is 0 Å². The monoisotopic (exact) mass is 302 g/mol. The summed E-state index contributed by atoms with van der Waals surface area (Å²) in [5.41, 5.74) is 5.81. The number of nitrogen functional groups attached to an aromatic ring is 1. The van der Waals surface area contributed by atoms with Gasteiger partial charge in [0.1, 0.15) is 10.7 Å². The Balaban J connectivity index is 3.15. The molecule has 0 aliphatic heterocycles. The first-order chi connectivity index (χ1) is 9.36. The molecular formula is C14H23FN2O2S. The molecule has 20 heavy (non-hydrogen) atoms. The fourth-order valence-electron chi connectivity index (χ4n) is 2.09. The molecule has 1 aromatic rings. The second-order valence-electron chi connectivity index (χ2n) is 4.83. The molecule has 0 fully saturated rings. The summed E-state index contributed by atoms with van der Waals surface area (Å²) in [5, 5.41) is 0. The summed E-state index contributed by atoms with van der Waals surface area (Å²) in [4.78, 5) is -0.342. The zero-order chi connectivity index (χ0) is 15.3. The zero-order valence-corrected chi connectivity index (χ0v) is 13.1. The minimum atomic E-state index is -3.84. The van der Waals surface area contributed by atoms with Gasteiger partial charge in [0.15, 0.2) is 0 Å². The van der Waals surface area contributed by atoms with Crippen molar-refractivity contribution in [2.75, 3.05) is 18.8 Å². The molecule has 1 aromatic carbocycles. The van der Waals surface area contributed by atoms with E-state index in [2.05, 4.69) is 0 Å². The normalized spacial score (nSPS) is 12.3. The Hall–Kier alpha value is -1.14. The maximum atomic E-state index is 13.8. The number of sulfonamides is 1. The van der Waals surface area contributed by atoms with Gasteiger partial charge in [0.2, 0.25) is 10.0 Å². The molecule has 0 heterocycles. The van der Waals surface area contributed by atoms with Gasteiger partial charge in [-0.05, 0) is 24.1 Å². The van der Waals surface area contributed by atoms with Crippen LogP contribution in [0.25, 0.3) is 0 Å². The molecular weight excluding hydrogens is 279 g/mol. The van der Waals surface area contributed by atoms with Crippen molar-refractivity contribution in [2.24, 2.45) is 5.92 Å². The van der Waals surface area contributed by atoms with Crippen molar-refractivity contribution in [3.8, 4) is 0 Å². The average Bonchev–Trinajstić information content (AvgIpc) is 2.42. The predicted octanol–water partition coefficient (Wildman–Crippen LogP) is 2.85. The molecule has 4 nitrogen and oxygen atoms in total. The molecule has 1 rings (SSSR count). The predicted molar refractivity (Wildman–Crippen MR) is 79.3 cm³/mol. The van der Waals surface area contributed by atoms with Crippen molar-refractivity contribution in [1.29, 1.82) is 0 Å². The second kappa shape index (κ2) is 7.04. The number of nitrogens with zero attached hydrogens (tertiary/aromatic N) is 1. The highest BCUT2D eigenvalue weighted by molar-refractivity contribution is 7.89. The van der Waals surface area contributed by atoms with Gasteiger partial charge in [-0.2, -0.15) is 4.31 Å². The van der Waals surface area contributed by atoms with E-state index in [1.54, 1.807) is 6.92 Å². The highest BCUT2D eigenvalue weighted by atomic mass is 32.2. The lowest BCUT2D eigenvalue weighted by molar-refractivity contribution is 0.338. The van der Waals surface area contributed by atoms with E-state index in [0.29, 0.717) is 13.1 Å². The molecule has 6 heteroatoms. The average molecular weight is 302 g/mol. The summed E-state index contributed by atoms with van der Waals surface area (Å²) in [6.07, 6.45) is 1.78. The van der Waals surface area contributed by atoms with Gasteiger partial charge >= 0.3 is 0 Å². The molecule has 0 bridgehead atoms. The summed E-state index contributed by atoms with van der Waals surface area (Å²) in [7, 11) is -3.84. The maximum Gasteiger partial charge on any atom is 0.246 e. The van der Waals surface area contributed by atoms with Crippen molar-refractivity contribution in [3.05, 3.63) is 24.0 Å². The summed E-state index contributed by atoms with van der Waals surface area (Å²) < 4.78 is 40.2. The Morgan fingerprint density at radius 1 is 1.25 bits per heavy atom. The largest absolute Gasteiger partial charge is 0.399 e. The van der Waals surface area contributed by atoms with E-state index < -0.39 is 15.8 Å². The third kappa shape index (κ3) is 3.70. The zero-order valence-electron chi connectivity index (χ0n) is 12.3. The quantitative estimate of drug-likeness (QED) is 0.788. The van der Waals surface area contributed by atoms with Gasteiger partial charge < -0.3 is 5.73 Å². The third-order valence-corrected chi connectivity index (χ3v) is 5.50. The fraction of sp³-hybridized carbons (Fsp3) is 0.571. The molecule has 0 aliphatic carbocycles. The van der Waals surface area contributed by atoms with Crippen LogP contribution in [-0.4, -0.2) is 25.8 Å². The number of halogens is 1. The van der Waals surface area contributed by atoms with E-state index in [-0.39, 0.29) is 16.5 Å². The first-order valence-electron chi connectivity index (χ1n) is 6.91. The Labute approximate surface area is 120 Å². The Morgan fingerprint density at radius 2 is 1.85 bits per heavy atom. The number of benzene rings is 1. The number of anilines is 1. The molecule has 0 radical (unpaired) electrons. The van der Waals surface area contributed by atoms with Crippen LogP contribution in [0.3, 0.4) is 0 Å². The number of hydrogen-bond donors (Lipinski definition) is 1. The summed E-state index contributed by atoms with van der Waals surface area (Å²) >= 11 is 0. The molecule has 0 aliphatic rings. The van der Waals surface area contributed by atoms with Crippen LogP contribution in [0.4, 0.5) is 10.1 Å². The van der Waals surface area contributed by atoms with E-state index in [4.69, 9.17) is 5.73 Å². The van der Waals surface area contributed by atoms with Crippen LogP contribution in [0.1, 0.15) is 33.6 Å². The van der Waals surface area contributed by atoms with E-state index >= 15 is 0 Å². The van der Waals surface area contributed by atoms with Crippen LogP contribution >= 0.6 is 0 Å². The molecule has 0 amide bonds. The Morgan fingerprint density at radius 3 is 2.35 bits per heavy atom. The minimum absolute atomic E-state index is 0.239. The van der Waals surface area contributed by atoms with E-state index in [9.17, 15) is 12.8 Å². The van der Waals surface area contributed by atoms with Crippen molar-refractivity contribution in [2.45, 2.75) is 38.5 Å². The van der Waals surface area contributed by atoms with Gasteiger partial charge in [0.25, 0.3) is 0 Å². The van der Waals surface area contributed by atoms with Crippen molar-refractivity contribution in [3.63, 3.8) is 0 Å². The van der Waals surface area contributed by atoms with Crippen molar-refractivity contribution < 1.29 is 12.8 Å². The summed E-state index contributed by atoms with van der Waals surface area (Å²) in [5.74, 6) is -0.490. The van der Waals surface area contributed by atoms with E-state index in [1.165, 1.54) is 16.4 Å². The Kier molecular flexibility index (Phi) is 5.95. The topological polar surface area (TPSA) is 63.4 Å². The van der Waals surface area contributed by atoms with Crippen molar-refractivity contribution >= 4 is 15.7 Å². The molecule has 0 spiro atoms. The summed E-state index contributed by atoms with van der Waals surface area (Å²) in [6, 6.07) is 3.62. The van der Waals surface area contributed by atoms with Gasteiger partial charge in [0.05, 0.1) is 0 Å². The molecule has 0 atom stereocenters. The van der Waals surface area contributed by atoms with Crippen LogP contribution in [0.5, 0.6) is 0 Å². The maximum absolute atomic E-state index is 13.8. The van der Waals surface area contributed by atoms with Crippen LogP contribution in [-0.2, 0) is 10.0 Å². The standard InChI is InChI=1S/C14H23FN2O2S/c1-4-11(5-2)10-17(6-3)20(18,19)14-9-12(16)7-8-13(14)15/h7-9,11H,4-6,10,16H2,1-3H3. The molecule has 0 unspecified atom stereocenters. The van der Waals surface area contributed by atoms with E-state index in [1.807, 2.05) is 13.8 Å². The van der Waals surface area contributed by atoms with Gasteiger partial charge in [-0.25, -0.2) is 12.8 Å².